The number of nitrogens with one attached hydrogen (secondary N) is 2. The molecule has 6 nitrogen and oxygen atoms in total. The molecule has 1 aliphatic heterocycles. The Morgan fingerprint density at radius 2 is 1.59 bits per heavy atom. The summed E-state index contributed by atoms with van der Waals surface area (Å²) >= 11 is 0. The van der Waals surface area contributed by atoms with Crippen LogP contribution < -0.4 is 5.32 Å². The fraction of sp³-hybridized carbons (Fsp3) is 0.423. The molecule has 0 fully saturated rings. The van der Waals surface area contributed by atoms with E-state index in [9.17, 15) is 14.7 Å². The second-order valence-corrected chi connectivity index (χ2v) is 10.6. The molecule has 32 heavy (non-hydrogen) atoms. The van der Waals surface area contributed by atoms with Crippen molar-refractivity contribution in [2.24, 2.45) is 0 Å². The van der Waals surface area contributed by atoms with E-state index in [2.05, 4.69) is 5.32 Å². The molecular weight excluding hydrogens is 402 g/mol. The van der Waals surface area contributed by atoms with Crippen LogP contribution >= 0.6 is 0 Å². The summed E-state index contributed by atoms with van der Waals surface area (Å²) in [4.78, 5) is 26.4. The minimum Gasteiger partial charge on any atom is -0.507 e. The van der Waals surface area contributed by atoms with E-state index >= 15 is 0 Å². The molecule has 0 aromatic heterocycles. The second-order valence-electron chi connectivity index (χ2n) is 10.6. The molecule has 1 heterocycles. The number of aromatic hydroxyl groups is 1. The number of phenolic OH excluding ortho intramolecular Hbond substituents is 1. The van der Waals surface area contributed by atoms with Crippen LogP contribution in [0, 0.1) is 5.41 Å². The third-order valence-electron chi connectivity index (χ3n) is 5.75. The quantitative estimate of drug-likeness (QED) is 0.591. The minimum absolute atomic E-state index is 0.0704. The van der Waals surface area contributed by atoms with E-state index in [1.54, 1.807) is 23.1 Å². The van der Waals surface area contributed by atoms with Gasteiger partial charge in [0.25, 0.3) is 0 Å². The predicted octanol–water partition coefficient (Wildman–Crippen LogP) is 4.97. The van der Waals surface area contributed by atoms with Gasteiger partial charge in [0.1, 0.15) is 11.6 Å². The zero-order valence-electron chi connectivity index (χ0n) is 20.0. The zero-order chi connectivity index (χ0) is 24.0. The van der Waals surface area contributed by atoms with Gasteiger partial charge in [-0.2, -0.15) is 0 Å². The number of carbonyl (C=O) groups excluding carboxylic acids is 2. The molecule has 0 atom stereocenters. The summed E-state index contributed by atoms with van der Waals surface area (Å²) in [6.07, 6.45) is 0. The fourth-order valence-electron chi connectivity index (χ4n) is 4.01. The first-order valence-corrected chi connectivity index (χ1v) is 10.8. The largest absolute Gasteiger partial charge is 0.507 e. The number of carbonyl (C=O) groups is 2. The van der Waals surface area contributed by atoms with Gasteiger partial charge < -0.3 is 15.3 Å². The van der Waals surface area contributed by atoms with Crippen LogP contribution in [0.5, 0.6) is 5.75 Å². The lowest BCUT2D eigenvalue weighted by molar-refractivity contribution is -0.114. The van der Waals surface area contributed by atoms with Gasteiger partial charge in [-0.05, 0) is 40.7 Å². The maximum atomic E-state index is 13.3. The Kier molecular flexibility index (Phi) is 5.94. The minimum atomic E-state index is -0.322. The average molecular weight is 436 g/mol. The van der Waals surface area contributed by atoms with Crippen LogP contribution in [0.2, 0.25) is 0 Å². The van der Waals surface area contributed by atoms with Crippen LogP contribution in [-0.2, 0) is 22.2 Å². The van der Waals surface area contributed by atoms with E-state index in [0.29, 0.717) is 17.8 Å². The number of Topliss-reactive ketones (excluding diaryl/α,β-unsaturated/α-hetero) is 1. The van der Waals surface area contributed by atoms with Gasteiger partial charge >= 0.3 is 0 Å². The Labute approximate surface area is 190 Å². The molecule has 0 aliphatic carbocycles. The summed E-state index contributed by atoms with van der Waals surface area (Å²) in [7, 11) is 0. The summed E-state index contributed by atoms with van der Waals surface area (Å²) < 4.78 is 0. The summed E-state index contributed by atoms with van der Waals surface area (Å²) in [6.45, 7) is 14.1. The Morgan fingerprint density at radius 1 is 1.03 bits per heavy atom. The number of benzene rings is 2. The Morgan fingerprint density at radius 3 is 2.09 bits per heavy atom. The van der Waals surface area contributed by atoms with Crippen LogP contribution in [0.3, 0.4) is 0 Å². The van der Waals surface area contributed by atoms with Crippen molar-refractivity contribution in [1.29, 1.82) is 5.41 Å². The first-order valence-electron chi connectivity index (χ1n) is 10.8. The van der Waals surface area contributed by atoms with Gasteiger partial charge in [0, 0.05) is 41.4 Å². The third kappa shape index (κ3) is 4.69. The molecule has 170 valence electrons. The molecule has 6 heteroatoms. The molecule has 0 spiro atoms. The monoisotopic (exact) mass is 435 g/mol. The number of rotatable bonds is 4. The molecule has 0 unspecified atom stereocenters. The van der Waals surface area contributed by atoms with Gasteiger partial charge in [-0.25, -0.2) is 0 Å². The lowest BCUT2D eigenvalue weighted by atomic mass is 9.78. The maximum Gasteiger partial charge on any atom is 0.221 e. The van der Waals surface area contributed by atoms with Crippen LogP contribution in [0.4, 0.5) is 5.69 Å². The second kappa shape index (κ2) is 8.08. The van der Waals surface area contributed by atoms with Crippen molar-refractivity contribution < 1.29 is 14.7 Å². The smallest absolute Gasteiger partial charge is 0.221 e. The summed E-state index contributed by atoms with van der Waals surface area (Å²) in [5, 5.41) is 22.2. The number of phenols is 1. The van der Waals surface area contributed by atoms with Crippen molar-refractivity contribution >= 4 is 23.2 Å². The first kappa shape index (κ1) is 23.5. The van der Waals surface area contributed by atoms with Crippen molar-refractivity contribution in [2.75, 3.05) is 11.9 Å². The van der Waals surface area contributed by atoms with Gasteiger partial charge in [0.05, 0.1) is 6.54 Å². The van der Waals surface area contributed by atoms with Crippen molar-refractivity contribution in [3.8, 4) is 5.75 Å². The summed E-state index contributed by atoms with van der Waals surface area (Å²) in [5.41, 5.74) is 3.70. The van der Waals surface area contributed by atoms with E-state index in [0.717, 1.165) is 22.3 Å². The highest BCUT2D eigenvalue weighted by molar-refractivity contribution is 6.06. The van der Waals surface area contributed by atoms with E-state index in [-0.39, 0.29) is 40.7 Å². The number of hydrogen-bond donors (Lipinski definition) is 3. The maximum absolute atomic E-state index is 13.3. The van der Waals surface area contributed by atoms with Crippen molar-refractivity contribution in [3.63, 3.8) is 0 Å². The van der Waals surface area contributed by atoms with Crippen LogP contribution in [0.1, 0.15) is 81.1 Å². The predicted molar refractivity (Wildman–Crippen MR) is 128 cm³/mol. The molecule has 1 amide bonds. The Balaban J connectivity index is 1.90. The first-order chi connectivity index (χ1) is 14.7. The highest BCUT2D eigenvalue weighted by Gasteiger charge is 2.30. The van der Waals surface area contributed by atoms with Gasteiger partial charge in [-0.3, -0.25) is 15.0 Å². The SMILES string of the molecule is CC(=O)Nc1ccc2c(c1)C(=N)N(CC(=O)c1cc(C(C)(C)C)c(O)c(C(C)(C)C)c1)C2. The van der Waals surface area contributed by atoms with Crippen LogP contribution in [-0.4, -0.2) is 34.1 Å². The number of hydrogen-bond acceptors (Lipinski definition) is 4. The third-order valence-corrected chi connectivity index (χ3v) is 5.75. The molecule has 2 aromatic carbocycles. The van der Waals surface area contributed by atoms with Crippen LogP contribution in [0.25, 0.3) is 0 Å². The van der Waals surface area contributed by atoms with Gasteiger partial charge in [-0.1, -0.05) is 47.6 Å². The lowest BCUT2D eigenvalue weighted by Crippen LogP contribution is -2.30. The normalized spacial score (nSPS) is 13.8. The van der Waals surface area contributed by atoms with E-state index in [1.165, 1.54) is 6.92 Å². The molecular formula is C26H33N3O3. The number of ketones is 1. The molecule has 2 aromatic rings. The highest BCUT2D eigenvalue weighted by Crippen LogP contribution is 2.40. The van der Waals surface area contributed by atoms with Crippen molar-refractivity contribution in [1.82, 2.24) is 4.90 Å². The standard InChI is InChI=1S/C26H33N3O3/c1-15(30)28-18-9-8-16-13-29(24(27)19(16)12-18)14-22(31)17-10-20(25(2,3)4)23(32)21(11-17)26(5,6)7/h8-12,27,32H,13-14H2,1-7H3,(H,28,30). The molecule has 0 bridgehead atoms. The molecule has 3 rings (SSSR count). The molecule has 3 N–H and O–H groups in total. The fourth-order valence-corrected chi connectivity index (χ4v) is 4.01. The van der Waals surface area contributed by atoms with E-state index < -0.39 is 0 Å². The molecule has 0 saturated heterocycles. The molecule has 1 aliphatic rings. The molecule has 0 radical (unpaired) electrons. The van der Waals surface area contributed by atoms with Crippen LogP contribution in [0.15, 0.2) is 30.3 Å². The number of fused-ring (bicyclic) bond motifs is 1. The summed E-state index contributed by atoms with van der Waals surface area (Å²) in [6, 6.07) is 9.04. The lowest BCUT2D eigenvalue weighted by Gasteiger charge is -2.28. The highest BCUT2D eigenvalue weighted by atomic mass is 16.3. The number of nitrogens with zero attached hydrogens (tertiary/aromatic N) is 1. The topological polar surface area (TPSA) is 93.5 Å². The number of amides is 1. The van der Waals surface area contributed by atoms with E-state index in [1.807, 2.05) is 53.7 Å². The van der Waals surface area contributed by atoms with Gasteiger partial charge in [0.15, 0.2) is 5.78 Å². The summed E-state index contributed by atoms with van der Waals surface area (Å²) in [5.74, 6) is 0.249. The van der Waals surface area contributed by atoms with Gasteiger partial charge in [0.2, 0.25) is 5.91 Å². The molecule has 0 saturated carbocycles. The number of anilines is 1. The zero-order valence-corrected chi connectivity index (χ0v) is 20.0. The Hall–Kier alpha value is -3.15. The van der Waals surface area contributed by atoms with Crippen molar-refractivity contribution in [2.45, 2.75) is 65.8 Å². The van der Waals surface area contributed by atoms with E-state index in [4.69, 9.17) is 5.41 Å². The van der Waals surface area contributed by atoms with Gasteiger partial charge in [-0.15, -0.1) is 0 Å². The van der Waals surface area contributed by atoms with Crippen molar-refractivity contribution in [3.05, 3.63) is 58.1 Å². The Bertz CT molecular complexity index is 1070. The average Bonchev–Trinajstić information content (AvgIpc) is 2.95. The number of amidine groups is 1.